The van der Waals surface area contributed by atoms with Crippen LogP contribution in [0.5, 0.6) is 0 Å². The van der Waals surface area contributed by atoms with Crippen molar-refractivity contribution in [2.45, 2.75) is 13.0 Å². The molecular weight excluding hydrogens is 146 g/mol. The SMILES string of the molecule is CC1C(C(=O)O)CN1C(=N)N. The van der Waals surface area contributed by atoms with Crippen molar-refractivity contribution >= 4 is 11.9 Å². The van der Waals surface area contributed by atoms with E-state index in [-0.39, 0.29) is 17.9 Å². The van der Waals surface area contributed by atoms with E-state index in [1.807, 2.05) is 0 Å². The maximum absolute atomic E-state index is 10.4. The monoisotopic (exact) mass is 157 g/mol. The molecule has 0 bridgehead atoms. The Labute approximate surface area is 64.3 Å². The lowest BCUT2D eigenvalue weighted by Gasteiger charge is -2.44. The number of aliphatic carboxylic acids is 1. The molecule has 0 aliphatic carbocycles. The summed E-state index contributed by atoms with van der Waals surface area (Å²) in [7, 11) is 0. The van der Waals surface area contributed by atoms with Gasteiger partial charge in [0.1, 0.15) is 0 Å². The molecule has 4 N–H and O–H groups in total. The summed E-state index contributed by atoms with van der Waals surface area (Å²) in [4.78, 5) is 12.0. The number of likely N-dealkylation sites (tertiary alicyclic amines) is 1. The minimum Gasteiger partial charge on any atom is -0.481 e. The summed E-state index contributed by atoms with van der Waals surface area (Å²) in [5.41, 5.74) is 5.17. The standard InChI is InChI=1S/C6H11N3O2/c1-3-4(5(10)11)2-9(3)6(7)8/h3-4H,2H2,1H3,(H3,7,8)(H,10,11). The number of hydrogen-bond acceptors (Lipinski definition) is 2. The second-order valence-corrected chi connectivity index (χ2v) is 2.72. The van der Waals surface area contributed by atoms with Crippen LogP contribution in [0.3, 0.4) is 0 Å². The molecule has 0 radical (unpaired) electrons. The van der Waals surface area contributed by atoms with Gasteiger partial charge < -0.3 is 15.7 Å². The van der Waals surface area contributed by atoms with Crippen LogP contribution in [-0.2, 0) is 4.79 Å². The van der Waals surface area contributed by atoms with Gasteiger partial charge in [0.25, 0.3) is 0 Å². The van der Waals surface area contributed by atoms with Crippen molar-refractivity contribution in [3.63, 3.8) is 0 Å². The maximum Gasteiger partial charge on any atom is 0.310 e. The van der Waals surface area contributed by atoms with Crippen LogP contribution in [0.2, 0.25) is 0 Å². The lowest BCUT2D eigenvalue weighted by atomic mass is 9.90. The van der Waals surface area contributed by atoms with Gasteiger partial charge in [-0.2, -0.15) is 0 Å². The summed E-state index contributed by atoms with van der Waals surface area (Å²) >= 11 is 0. The highest BCUT2D eigenvalue weighted by Crippen LogP contribution is 2.23. The topological polar surface area (TPSA) is 90.4 Å². The third kappa shape index (κ3) is 1.13. The lowest BCUT2D eigenvalue weighted by molar-refractivity contribution is -0.148. The number of hydrogen-bond donors (Lipinski definition) is 3. The molecule has 0 amide bonds. The molecule has 1 aliphatic rings. The van der Waals surface area contributed by atoms with Crippen LogP contribution in [0, 0.1) is 11.3 Å². The molecule has 1 saturated heterocycles. The Balaban J connectivity index is 2.50. The van der Waals surface area contributed by atoms with Crippen molar-refractivity contribution < 1.29 is 9.90 Å². The fourth-order valence-electron chi connectivity index (χ4n) is 1.21. The van der Waals surface area contributed by atoms with Gasteiger partial charge in [-0.15, -0.1) is 0 Å². The van der Waals surface area contributed by atoms with Crippen molar-refractivity contribution in [1.82, 2.24) is 4.90 Å². The molecule has 11 heavy (non-hydrogen) atoms. The van der Waals surface area contributed by atoms with Gasteiger partial charge in [-0.05, 0) is 6.92 Å². The first kappa shape index (κ1) is 7.84. The Morgan fingerprint density at radius 2 is 2.36 bits per heavy atom. The third-order valence-corrected chi connectivity index (χ3v) is 2.09. The fraction of sp³-hybridized carbons (Fsp3) is 0.667. The highest BCUT2D eigenvalue weighted by atomic mass is 16.4. The Morgan fingerprint density at radius 3 is 2.64 bits per heavy atom. The molecule has 2 unspecified atom stereocenters. The summed E-state index contributed by atoms with van der Waals surface area (Å²) in [6, 6.07) is -0.134. The average molecular weight is 157 g/mol. The molecule has 0 aromatic carbocycles. The quantitative estimate of drug-likeness (QED) is 0.346. The Morgan fingerprint density at radius 1 is 1.82 bits per heavy atom. The zero-order valence-electron chi connectivity index (χ0n) is 6.24. The van der Waals surface area contributed by atoms with Crippen LogP contribution >= 0.6 is 0 Å². The Bertz CT molecular complexity index is 184. The number of nitrogens with one attached hydrogen (secondary N) is 1. The summed E-state index contributed by atoms with van der Waals surface area (Å²) in [5.74, 6) is -1.22. The number of rotatable bonds is 1. The first-order valence-electron chi connectivity index (χ1n) is 3.37. The second-order valence-electron chi connectivity index (χ2n) is 2.72. The molecule has 0 aromatic rings. The minimum absolute atomic E-state index is 0.0463. The van der Waals surface area contributed by atoms with Crippen LogP contribution in [0.15, 0.2) is 0 Å². The summed E-state index contributed by atoms with van der Waals surface area (Å²) < 4.78 is 0. The maximum atomic E-state index is 10.4. The van der Waals surface area contributed by atoms with Gasteiger partial charge in [-0.25, -0.2) is 0 Å². The van der Waals surface area contributed by atoms with Crippen LogP contribution in [-0.4, -0.2) is 34.5 Å². The largest absolute Gasteiger partial charge is 0.481 e. The third-order valence-electron chi connectivity index (χ3n) is 2.09. The van der Waals surface area contributed by atoms with Crippen molar-refractivity contribution in [3.8, 4) is 0 Å². The van der Waals surface area contributed by atoms with E-state index in [9.17, 15) is 4.79 Å². The van der Waals surface area contributed by atoms with E-state index in [1.165, 1.54) is 0 Å². The minimum atomic E-state index is -0.810. The van der Waals surface area contributed by atoms with Crippen molar-refractivity contribution in [2.75, 3.05) is 6.54 Å². The Kier molecular flexibility index (Phi) is 1.72. The number of nitrogens with zero attached hydrogens (tertiary/aromatic N) is 1. The van der Waals surface area contributed by atoms with Gasteiger partial charge in [0, 0.05) is 12.6 Å². The van der Waals surface area contributed by atoms with E-state index in [4.69, 9.17) is 16.2 Å². The highest BCUT2D eigenvalue weighted by molar-refractivity contribution is 5.80. The van der Waals surface area contributed by atoms with Gasteiger partial charge in [0.2, 0.25) is 0 Å². The summed E-state index contributed by atoms with van der Waals surface area (Å²) in [5, 5.41) is 15.6. The van der Waals surface area contributed by atoms with E-state index in [0.717, 1.165) is 0 Å². The zero-order chi connectivity index (χ0) is 8.59. The molecule has 2 atom stereocenters. The smallest absolute Gasteiger partial charge is 0.310 e. The highest BCUT2D eigenvalue weighted by Gasteiger charge is 2.41. The van der Waals surface area contributed by atoms with Crippen LogP contribution in [0.25, 0.3) is 0 Å². The lowest BCUT2D eigenvalue weighted by Crippen LogP contribution is -2.61. The molecule has 0 aromatic heterocycles. The van der Waals surface area contributed by atoms with Gasteiger partial charge in [-0.1, -0.05) is 0 Å². The predicted octanol–water partition coefficient (Wildman–Crippen LogP) is -0.715. The first-order valence-corrected chi connectivity index (χ1v) is 3.37. The number of carboxylic acid groups (broad SMARTS) is 1. The molecule has 62 valence electrons. The van der Waals surface area contributed by atoms with E-state index in [0.29, 0.717) is 6.54 Å². The molecular formula is C6H11N3O2. The number of carbonyl (C=O) groups is 1. The molecule has 1 aliphatic heterocycles. The molecule has 1 heterocycles. The number of carboxylic acids is 1. The molecule has 5 heteroatoms. The van der Waals surface area contributed by atoms with Gasteiger partial charge in [0.05, 0.1) is 5.92 Å². The average Bonchev–Trinajstić information content (AvgIpc) is 1.82. The predicted molar refractivity (Wildman–Crippen MR) is 39.2 cm³/mol. The van der Waals surface area contributed by atoms with E-state index >= 15 is 0 Å². The van der Waals surface area contributed by atoms with Crippen LogP contribution in [0.4, 0.5) is 0 Å². The number of guanidine groups is 1. The van der Waals surface area contributed by atoms with Crippen molar-refractivity contribution in [3.05, 3.63) is 0 Å². The van der Waals surface area contributed by atoms with E-state index < -0.39 is 5.97 Å². The molecule has 0 spiro atoms. The van der Waals surface area contributed by atoms with Gasteiger partial charge in [0.15, 0.2) is 5.96 Å². The van der Waals surface area contributed by atoms with E-state index in [2.05, 4.69) is 0 Å². The molecule has 5 nitrogen and oxygen atoms in total. The van der Waals surface area contributed by atoms with Gasteiger partial charge in [-0.3, -0.25) is 10.2 Å². The Hall–Kier alpha value is -1.26. The van der Waals surface area contributed by atoms with Crippen LogP contribution in [0.1, 0.15) is 6.92 Å². The second kappa shape index (κ2) is 2.41. The summed E-state index contributed by atoms with van der Waals surface area (Å²) in [6.45, 7) is 2.12. The normalized spacial score (nSPS) is 29.4. The van der Waals surface area contributed by atoms with Gasteiger partial charge >= 0.3 is 5.97 Å². The van der Waals surface area contributed by atoms with E-state index in [1.54, 1.807) is 11.8 Å². The van der Waals surface area contributed by atoms with Crippen molar-refractivity contribution in [2.24, 2.45) is 11.7 Å². The first-order chi connectivity index (χ1) is 5.04. The van der Waals surface area contributed by atoms with Crippen LogP contribution < -0.4 is 5.73 Å². The molecule has 1 fully saturated rings. The van der Waals surface area contributed by atoms with Crippen molar-refractivity contribution in [1.29, 1.82) is 5.41 Å². The fourth-order valence-corrected chi connectivity index (χ4v) is 1.21. The molecule has 0 saturated carbocycles. The zero-order valence-corrected chi connectivity index (χ0v) is 6.24. The summed E-state index contributed by atoms with van der Waals surface area (Å²) in [6.07, 6.45) is 0. The molecule has 1 rings (SSSR count). The number of nitrogens with two attached hydrogens (primary N) is 1.